The van der Waals surface area contributed by atoms with Crippen molar-refractivity contribution in [3.05, 3.63) is 169 Å². The van der Waals surface area contributed by atoms with Crippen molar-refractivity contribution >= 4 is 11.4 Å². The van der Waals surface area contributed by atoms with Crippen LogP contribution in [-0.2, 0) is 25.4 Å². The van der Waals surface area contributed by atoms with Crippen LogP contribution in [0.15, 0.2) is 158 Å². The van der Waals surface area contributed by atoms with Gasteiger partial charge in [0.05, 0.1) is 0 Å². The second kappa shape index (κ2) is 21.0. The van der Waals surface area contributed by atoms with Gasteiger partial charge in [0.1, 0.15) is 68.4 Å². The van der Waals surface area contributed by atoms with Crippen molar-refractivity contribution < 1.29 is 33.5 Å². The SMILES string of the molecule is C=C(C)C(=C)OCC(COc1ccccc1)OCNc1ccc(Cc2ccc(NC(O)OC(COC(=C)C(=C)C)COc3ccccc3)cc2)cc1. The van der Waals surface area contributed by atoms with Crippen molar-refractivity contribution in [1.29, 1.82) is 0 Å². The predicted octanol–water partition coefficient (Wildman–Crippen LogP) is 8.48. The van der Waals surface area contributed by atoms with E-state index in [1.54, 1.807) is 0 Å². The quantitative estimate of drug-likeness (QED) is 0.0377. The van der Waals surface area contributed by atoms with E-state index in [-0.39, 0.29) is 32.7 Å². The van der Waals surface area contributed by atoms with E-state index in [4.69, 9.17) is 28.4 Å². The molecule has 0 amide bonds. The fourth-order valence-corrected chi connectivity index (χ4v) is 4.61. The molecular weight excluding hydrogens is 656 g/mol. The summed E-state index contributed by atoms with van der Waals surface area (Å²) in [5.74, 6) is 2.43. The molecule has 9 heteroatoms. The van der Waals surface area contributed by atoms with Gasteiger partial charge in [0.15, 0.2) is 0 Å². The zero-order chi connectivity index (χ0) is 37.1. The molecule has 3 N–H and O–H groups in total. The third-order valence-corrected chi connectivity index (χ3v) is 7.72. The lowest BCUT2D eigenvalue weighted by molar-refractivity contribution is -0.141. The Hall–Kier alpha value is -5.48. The fraction of sp³-hybridized carbons (Fsp3) is 0.256. The molecule has 0 saturated heterocycles. The van der Waals surface area contributed by atoms with Gasteiger partial charge in [-0.2, -0.15) is 0 Å². The molecule has 4 aromatic carbocycles. The maximum atomic E-state index is 10.7. The van der Waals surface area contributed by atoms with E-state index in [1.165, 1.54) is 0 Å². The largest absolute Gasteiger partial charge is 0.491 e. The first-order valence-corrected chi connectivity index (χ1v) is 17.1. The number of nitrogens with one attached hydrogen (secondary N) is 2. The summed E-state index contributed by atoms with van der Waals surface area (Å²) in [5, 5.41) is 17.0. The third kappa shape index (κ3) is 14.4. The van der Waals surface area contributed by atoms with Gasteiger partial charge < -0.3 is 44.2 Å². The third-order valence-electron chi connectivity index (χ3n) is 7.72. The maximum absolute atomic E-state index is 10.7. The molecule has 4 rings (SSSR count). The normalized spacial score (nSPS) is 12.4. The van der Waals surface area contributed by atoms with E-state index in [0.717, 1.165) is 34.6 Å². The summed E-state index contributed by atoms with van der Waals surface area (Å²) in [4.78, 5) is 0. The summed E-state index contributed by atoms with van der Waals surface area (Å²) in [6.45, 7) is 20.3. The molecule has 0 aromatic heterocycles. The molecule has 52 heavy (non-hydrogen) atoms. The average Bonchev–Trinajstić information content (AvgIpc) is 3.15. The number of allylic oxidation sites excluding steroid dienone is 2. The number of hydrogen-bond donors (Lipinski definition) is 3. The Morgan fingerprint density at radius 2 is 1.06 bits per heavy atom. The topological polar surface area (TPSA) is 99.7 Å². The van der Waals surface area contributed by atoms with E-state index in [1.807, 2.05) is 111 Å². The number of anilines is 2. The maximum Gasteiger partial charge on any atom is 0.235 e. The van der Waals surface area contributed by atoms with Crippen LogP contribution in [0.25, 0.3) is 0 Å². The van der Waals surface area contributed by atoms with Crippen LogP contribution in [-0.4, -0.2) is 56.9 Å². The summed E-state index contributed by atoms with van der Waals surface area (Å²) in [5.41, 5.74) is 5.36. The van der Waals surface area contributed by atoms with E-state index >= 15 is 0 Å². The van der Waals surface area contributed by atoms with Crippen molar-refractivity contribution in [3.63, 3.8) is 0 Å². The summed E-state index contributed by atoms with van der Waals surface area (Å²) >= 11 is 0. The summed E-state index contributed by atoms with van der Waals surface area (Å²) in [6.07, 6.45) is -1.47. The Morgan fingerprint density at radius 3 is 1.56 bits per heavy atom. The highest BCUT2D eigenvalue weighted by Gasteiger charge is 2.18. The Bertz CT molecular complexity index is 1690. The Labute approximate surface area is 307 Å². The lowest BCUT2D eigenvalue weighted by Gasteiger charge is -2.24. The van der Waals surface area contributed by atoms with E-state index < -0.39 is 12.5 Å². The Kier molecular flexibility index (Phi) is 15.9. The van der Waals surface area contributed by atoms with E-state index in [2.05, 4.69) is 49.1 Å². The minimum absolute atomic E-state index is 0.128. The molecule has 0 fully saturated rings. The van der Waals surface area contributed by atoms with Crippen LogP contribution in [0.2, 0.25) is 0 Å². The molecule has 4 aromatic rings. The zero-order valence-corrected chi connectivity index (χ0v) is 30.1. The Morgan fingerprint density at radius 1 is 0.596 bits per heavy atom. The van der Waals surface area contributed by atoms with Crippen LogP contribution in [0.5, 0.6) is 11.5 Å². The van der Waals surface area contributed by atoms with Gasteiger partial charge in [-0.25, -0.2) is 0 Å². The van der Waals surface area contributed by atoms with E-state index in [0.29, 0.717) is 35.1 Å². The summed E-state index contributed by atoms with van der Waals surface area (Å²) < 4.78 is 35.1. The summed E-state index contributed by atoms with van der Waals surface area (Å²) in [6, 6.07) is 35.0. The van der Waals surface area contributed by atoms with Gasteiger partial charge in [0.25, 0.3) is 0 Å². The number of ether oxygens (including phenoxy) is 6. The molecule has 0 bridgehead atoms. The first kappa shape index (κ1) is 39.3. The number of aliphatic hydroxyl groups excluding tert-OH is 1. The van der Waals surface area contributed by atoms with Crippen LogP contribution in [0, 0.1) is 0 Å². The van der Waals surface area contributed by atoms with Crippen LogP contribution >= 0.6 is 0 Å². The number of hydrogen-bond acceptors (Lipinski definition) is 9. The molecule has 0 aliphatic heterocycles. The first-order chi connectivity index (χ1) is 25.1. The average molecular weight is 707 g/mol. The minimum atomic E-state index is -1.30. The molecule has 0 spiro atoms. The molecular formula is C43H50N2O7. The van der Waals surface area contributed by atoms with Gasteiger partial charge >= 0.3 is 0 Å². The van der Waals surface area contributed by atoms with Gasteiger partial charge in [-0.1, -0.05) is 87.0 Å². The standard InChI is InChI=1S/C43H50N2O7/c1-31(2)33(5)47-26-41(27-49-39-13-9-7-10-14-39)51-30-44-37-21-17-35(18-22-37)25-36-19-23-38(24-20-36)45-43(46)52-42(28-48-34(6)32(3)4)29-50-40-15-11-8-12-16-40/h7-24,41-46H,1,3,5-6,25-30H2,2,4H3. The van der Waals surface area contributed by atoms with Gasteiger partial charge in [-0.3, -0.25) is 0 Å². The van der Waals surface area contributed by atoms with Gasteiger partial charge in [0, 0.05) is 11.4 Å². The lowest BCUT2D eigenvalue weighted by Crippen LogP contribution is -2.35. The van der Waals surface area contributed by atoms with Gasteiger partial charge in [-0.15, -0.1) is 0 Å². The number of rotatable bonds is 24. The number of aliphatic hydroxyl groups is 1. The number of para-hydroxylation sites is 2. The number of benzene rings is 4. The van der Waals surface area contributed by atoms with Crippen molar-refractivity contribution in [2.45, 2.75) is 38.9 Å². The van der Waals surface area contributed by atoms with Crippen molar-refractivity contribution in [1.82, 2.24) is 0 Å². The van der Waals surface area contributed by atoms with Crippen LogP contribution in [0.4, 0.5) is 11.4 Å². The highest BCUT2D eigenvalue weighted by molar-refractivity contribution is 5.47. The highest BCUT2D eigenvalue weighted by atomic mass is 16.6. The molecule has 3 atom stereocenters. The monoisotopic (exact) mass is 706 g/mol. The molecule has 0 aliphatic carbocycles. The molecule has 0 saturated carbocycles. The molecule has 3 unspecified atom stereocenters. The minimum Gasteiger partial charge on any atom is -0.491 e. The van der Waals surface area contributed by atoms with E-state index in [9.17, 15) is 5.11 Å². The second-order valence-corrected chi connectivity index (χ2v) is 12.2. The molecule has 0 radical (unpaired) electrons. The van der Waals surface area contributed by atoms with Crippen LogP contribution < -0.4 is 20.1 Å². The first-order valence-electron chi connectivity index (χ1n) is 17.1. The van der Waals surface area contributed by atoms with Gasteiger partial charge in [-0.05, 0) is 91.1 Å². The fourth-order valence-electron chi connectivity index (χ4n) is 4.61. The van der Waals surface area contributed by atoms with Crippen molar-refractivity contribution in [2.24, 2.45) is 0 Å². The molecule has 9 nitrogen and oxygen atoms in total. The summed E-state index contributed by atoms with van der Waals surface area (Å²) in [7, 11) is 0. The highest BCUT2D eigenvalue weighted by Crippen LogP contribution is 2.18. The molecule has 0 heterocycles. The smallest absolute Gasteiger partial charge is 0.235 e. The van der Waals surface area contributed by atoms with Crippen LogP contribution in [0.1, 0.15) is 25.0 Å². The van der Waals surface area contributed by atoms with Gasteiger partial charge in [0.2, 0.25) is 6.41 Å². The molecule has 0 aliphatic rings. The van der Waals surface area contributed by atoms with Crippen LogP contribution in [0.3, 0.4) is 0 Å². The van der Waals surface area contributed by atoms with Crippen molar-refractivity contribution in [2.75, 3.05) is 43.8 Å². The predicted molar refractivity (Wildman–Crippen MR) is 207 cm³/mol. The lowest BCUT2D eigenvalue weighted by atomic mass is 10.0. The Balaban J connectivity index is 1.23. The zero-order valence-electron chi connectivity index (χ0n) is 30.1. The second-order valence-electron chi connectivity index (χ2n) is 12.2. The van der Waals surface area contributed by atoms with Crippen molar-refractivity contribution in [3.8, 4) is 11.5 Å². The molecule has 274 valence electrons.